The van der Waals surface area contributed by atoms with Crippen LogP contribution in [0.1, 0.15) is 24.8 Å². The molecule has 0 saturated carbocycles. The van der Waals surface area contributed by atoms with Gasteiger partial charge in [-0.15, -0.1) is 0 Å². The molecule has 0 bridgehead atoms. The molecule has 5 heteroatoms. The Morgan fingerprint density at radius 2 is 2.00 bits per heavy atom. The van der Waals surface area contributed by atoms with Gasteiger partial charge in [0, 0.05) is 24.1 Å². The molecular formula is C20H19FN2O2. The van der Waals surface area contributed by atoms with Gasteiger partial charge >= 0.3 is 0 Å². The van der Waals surface area contributed by atoms with Crippen LogP contribution < -0.4 is 5.32 Å². The van der Waals surface area contributed by atoms with Gasteiger partial charge in [0.05, 0.1) is 6.20 Å². The van der Waals surface area contributed by atoms with Gasteiger partial charge in [-0.2, -0.15) is 0 Å². The summed E-state index contributed by atoms with van der Waals surface area (Å²) in [5.74, 6) is 0.657. The molecule has 0 atom stereocenters. The summed E-state index contributed by atoms with van der Waals surface area (Å²) in [5.41, 5.74) is 2.72. The number of aryl methyl sites for hydroxylation is 2. The molecule has 0 aliphatic heterocycles. The van der Waals surface area contributed by atoms with Gasteiger partial charge < -0.3 is 9.73 Å². The number of nitrogens with one attached hydrogen (secondary N) is 1. The van der Waals surface area contributed by atoms with E-state index in [4.69, 9.17) is 4.42 Å². The first kappa shape index (κ1) is 16.9. The van der Waals surface area contributed by atoms with Crippen molar-refractivity contribution in [3.05, 3.63) is 72.0 Å². The highest BCUT2D eigenvalue weighted by Crippen LogP contribution is 2.21. The topological polar surface area (TPSA) is 55.1 Å². The Balaban J connectivity index is 1.56. The van der Waals surface area contributed by atoms with E-state index in [1.165, 1.54) is 17.7 Å². The summed E-state index contributed by atoms with van der Waals surface area (Å²) in [6, 6.07) is 13.8. The second-order valence-corrected chi connectivity index (χ2v) is 5.73. The van der Waals surface area contributed by atoms with E-state index in [0.717, 1.165) is 17.7 Å². The van der Waals surface area contributed by atoms with Crippen LogP contribution in [-0.2, 0) is 17.6 Å². The summed E-state index contributed by atoms with van der Waals surface area (Å²) in [4.78, 5) is 16.3. The average Bonchev–Trinajstić information content (AvgIpc) is 3.10. The molecule has 25 heavy (non-hydrogen) atoms. The Hall–Kier alpha value is -2.95. The molecule has 4 nitrogen and oxygen atoms in total. The average molecular weight is 338 g/mol. The first-order valence-corrected chi connectivity index (χ1v) is 8.23. The molecule has 0 fully saturated rings. The number of aromatic nitrogens is 1. The molecule has 1 aromatic heterocycles. The highest BCUT2D eigenvalue weighted by molar-refractivity contribution is 5.90. The van der Waals surface area contributed by atoms with Crippen molar-refractivity contribution in [1.29, 1.82) is 0 Å². The van der Waals surface area contributed by atoms with Crippen LogP contribution >= 0.6 is 0 Å². The number of halogens is 1. The maximum Gasteiger partial charge on any atom is 0.224 e. The fraction of sp³-hybridized carbons (Fsp3) is 0.200. The summed E-state index contributed by atoms with van der Waals surface area (Å²) in [7, 11) is 0. The normalized spacial score (nSPS) is 10.6. The van der Waals surface area contributed by atoms with Gasteiger partial charge in [-0.25, -0.2) is 9.37 Å². The zero-order chi connectivity index (χ0) is 17.6. The van der Waals surface area contributed by atoms with Crippen LogP contribution in [0.2, 0.25) is 0 Å². The van der Waals surface area contributed by atoms with Crippen molar-refractivity contribution in [1.82, 2.24) is 4.98 Å². The Kier molecular flexibility index (Phi) is 5.23. The van der Waals surface area contributed by atoms with Crippen molar-refractivity contribution in [3.8, 4) is 11.3 Å². The summed E-state index contributed by atoms with van der Waals surface area (Å²) in [6.07, 6.45) is 3.19. The molecule has 128 valence electrons. The molecule has 0 saturated heterocycles. The largest absolute Gasteiger partial charge is 0.441 e. The Bertz CT molecular complexity index is 856. The van der Waals surface area contributed by atoms with E-state index < -0.39 is 0 Å². The molecule has 1 N–H and O–H groups in total. The molecule has 1 amide bonds. The molecule has 3 aromatic rings. The number of benzene rings is 2. The quantitative estimate of drug-likeness (QED) is 0.714. The van der Waals surface area contributed by atoms with E-state index in [2.05, 4.69) is 17.2 Å². The van der Waals surface area contributed by atoms with E-state index in [9.17, 15) is 9.18 Å². The van der Waals surface area contributed by atoms with Crippen molar-refractivity contribution in [2.45, 2.75) is 26.2 Å². The van der Waals surface area contributed by atoms with E-state index in [0.29, 0.717) is 18.1 Å². The highest BCUT2D eigenvalue weighted by atomic mass is 19.1. The molecule has 0 aliphatic carbocycles. The van der Waals surface area contributed by atoms with Crippen molar-refractivity contribution >= 4 is 11.6 Å². The van der Waals surface area contributed by atoms with Crippen molar-refractivity contribution in [2.75, 3.05) is 5.32 Å². The van der Waals surface area contributed by atoms with Crippen molar-refractivity contribution < 1.29 is 13.6 Å². The summed E-state index contributed by atoms with van der Waals surface area (Å²) < 4.78 is 18.6. The summed E-state index contributed by atoms with van der Waals surface area (Å²) in [6.45, 7) is 2.07. The first-order valence-electron chi connectivity index (χ1n) is 8.23. The number of anilines is 1. The SMILES string of the molecule is CCc1cccc(NC(=O)CCc2ncc(-c3ccc(F)cc3)o2)c1. The third-order valence-corrected chi connectivity index (χ3v) is 3.87. The second-order valence-electron chi connectivity index (χ2n) is 5.73. The number of nitrogens with zero attached hydrogens (tertiary/aromatic N) is 1. The zero-order valence-corrected chi connectivity index (χ0v) is 14.0. The van der Waals surface area contributed by atoms with Crippen LogP contribution in [0.4, 0.5) is 10.1 Å². The molecule has 0 radical (unpaired) electrons. The van der Waals surface area contributed by atoms with Gasteiger partial charge in [0.25, 0.3) is 0 Å². The lowest BCUT2D eigenvalue weighted by molar-refractivity contribution is -0.116. The number of hydrogen-bond acceptors (Lipinski definition) is 3. The van der Waals surface area contributed by atoms with E-state index in [1.807, 2.05) is 24.3 Å². The van der Waals surface area contributed by atoms with Crippen LogP contribution in [0, 0.1) is 5.82 Å². The van der Waals surface area contributed by atoms with Crippen LogP contribution in [0.3, 0.4) is 0 Å². The molecule has 2 aromatic carbocycles. The number of oxazole rings is 1. The lowest BCUT2D eigenvalue weighted by Gasteiger charge is -2.06. The summed E-state index contributed by atoms with van der Waals surface area (Å²) in [5, 5.41) is 2.88. The van der Waals surface area contributed by atoms with Gasteiger partial charge in [0.2, 0.25) is 5.91 Å². The molecule has 0 aliphatic rings. The van der Waals surface area contributed by atoms with E-state index >= 15 is 0 Å². The maximum absolute atomic E-state index is 13.0. The fourth-order valence-electron chi connectivity index (χ4n) is 2.49. The fourth-order valence-corrected chi connectivity index (χ4v) is 2.49. The maximum atomic E-state index is 13.0. The minimum absolute atomic E-state index is 0.0882. The van der Waals surface area contributed by atoms with Crippen molar-refractivity contribution in [3.63, 3.8) is 0 Å². The third-order valence-electron chi connectivity index (χ3n) is 3.87. The minimum Gasteiger partial charge on any atom is -0.441 e. The van der Waals surface area contributed by atoms with Crippen LogP contribution in [0.5, 0.6) is 0 Å². The predicted octanol–water partition coefficient (Wildman–Crippen LogP) is 4.61. The smallest absolute Gasteiger partial charge is 0.224 e. The number of carbonyl (C=O) groups is 1. The molecular weight excluding hydrogens is 319 g/mol. The Morgan fingerprint density at radius 1 is 1.20 bits per heavy atom. The molecule has 0 spiro atoms. The molecule has 1 heterocycles. The van der Waals surface area contributed by atoms with Crippen LogP contribution in [0.25, 0.3) is 11.3 Å². The lowest BCUT2D eigenvalue weighted by atomic mass is 10.1. The zero-order valence-electron chi connectivity index (χ0n) is 14.0. The van der Waals surface area contributed by atoms with Crippen molar-refractivity contribution in [2.24, 2.45) is 0 Å². The van der Waals surface area contributed by atoms with Gasteiger partial charge in [0.1, 0.15) is 5.82 Å². The highest BCUT2D eigenvalue weighted by Gasteiger charge is 2.09. The lowest BCUT2D eigenvalue weighted by Crippen LogP contribution is -2.12. The molecule has 0 unspecified atom stereocenters. The standard InChI is InChI=1S/C20H19FN2O2/c1-2-14-4-3-5-17(12-14)23-19(24)10-11-20-22-13-18(25-20)15-6-8-16(21)9-7-15/h3-9,12-13H,2,10-11H2,1H3,(H,23,24). The second kappa shape index (κ2) is 7.75. The Morgan fingerprint density at radius 3 is 2.76 bits per heavy atom. The minimum atomic E-state index is -0.299. The number of carbonyl (C=O) groups excluding carboxylic acids is 1. The first-order chi connectivity index (χ1) is 12.1. The monoisotopic (exact) mass is 338 g/mol. The molecule has 3 rings (SSSR count). The number of amides is 1. The van der Waals surface area contributed by atoms with Crippen LogP contribution in [0.15, 0.2) is 59.1 Å². The predicted molar refractivity (Wildman–Crippen MR) is 94.7 cm³/mol. The van der Waals surface area contributed by atoms with Crippen LogP contribution in [-0.4, -0.2) is 10.9 Å². The van der Waals surface area contributed by atoms with E-state index in [-0.39, 0.29) is 18.1 Å². The van der Waals surface area contributed by atoms with Gasteiger partial charge in [-0.05, 0) is 48.4 Å². The third kappa shape index (κ3) is 4.53. The van der Waals surface area contributed by atoms with Gasteiger partial charge in [-0.1, -0.05) is 19.1 Å². The van der Waals surface area contributed by atoms with E-state index in [1.54, 1.807) is 18.3 Å². The number of rotatable bonds is 6. The van der Waals surface area contributed by atoms with Gasteiger partial charge in [0.15, 0.2) is 11.7 Å². The summed E-state index contributed by atoms with van der Waals surface area (Å²) >= 11 is 0. The number of hydrogen-bond donors (Lipinski definition) is 1. The Labute approximate surface area is 145 Å². The van der Waals surface area contributed by atoms with Gasteiger partial charge in [-0.3, -0.25) is 4.79 Å².